The van der Waals surface area contributed by atoms with E-state index in [0.717, 1.165) is 68.6 Å². The second-order valence-corrected chi connectivity index (χ2v) is 18.3. The van der Waals surface area contributed by atoms with Crippen LogP contribution >= 0.6 is 0 Å². The number of rotatable bonds is 20. The third-order valence-electron chi connectivity index (χ3n) is 14.2. The number of nitrogens with one attached hydrogen (secondary N) is 2. The molecule has 5 N–H and O–H groups in total. The zero-order chi connectivity index (χ0) is 33.4. The number of nitrogens with two attached hydrogens (primary N) is 1. The Morgan fingerprint density at radius 1 is 0.804 bits per heavy atom. The van der Waals surface area contributed by atoms with Gasteiger partial charge < -0.3 is 16.4 Å². The van der Waals surface area contributed by atoms with Crippen LogP contribution in [0.15, 0.2) is 0 Å². The minimum atomic E-state index is -4.42. The molecule has 0 aromatic heterocycles. The Morgan fingerprint density at radius 2 is 1.43 bits per heavy atom. The normalized spacial score (nSPS) is 35.8. The van der Waals surface area contributed by atoms with Gasteiger partial charge in [0.1, 0.15) is 0 Å². The van der Waals surface area contributed by atoms with Gasteiger partial charge in [0.05, 0.1) is 6.10 Å². The van der Waals surface area contributed by atoms with E-state index in [1.165, 1.54) is 96.4 Å². The summed E-state index contributed by atoms with van der Waals surface area (Å²) in [5.41, 5.74) is 6.50. The Labute approximate surface area is 284 Å². The molecule has 8 heteroatoms. The molecule has 4 aliphatic carbocycles. The van der Waals surface area contributed by atoms with Crippen LogP contribution in [-0.4, -0.2) is 51.8 Å². The maximum absolute atomic E-state index is 11.4. The molecule has 0 heterocycles. The average Bonchev–Trinajstić information content (AvgIpc) is 3.36. The Balaban J connectivity index is 1.19. The van der Waals surface area contributed by atoms with Gasteiger partial charge in [0, 0.05) is 0 Å². The maximum Gasteiger partial charge on any atom is 0.397 e. The SMILES string of the molecule is CC(C)[C@@H](CC[C@@H](C)[C@H]1CCC2C3CCC4C[C@@H](CCCCNCCCCNCCCN)CC[C@]4(C)C3CC[C@@]21C)OS(=O)(=O)O. The van der Waals surface area contributed by atoms with Gasteiger partial charge in [-0.3, -0.25) is 4.55 Å². The number of hydrogen-bond acceptors (Lipinski definition) is 6. The summed E-state index contributed by atoms with van der Waals surface area (Å²) in [7, 11) is -4.42. The van der Waals surface area contributed by atoms with Crippen LogP contribution in [0.2, 0.25) is 0 Å². The lowest BCUT2D eigenvalue weighted by molar-refractivity contribution is -0.121. The quantitative estimate of drug-likeness (QED) is 0.0769. The first-order chi connectivity index (χ1) is 21.9. The van der Waals surface area contributed by atoms with Gasteiger partial charge >= 0.3 is 10.4 Å². The second kappa shape index (κ2) is 17.6. The molecule has 0 saturated heterocycles. The summed E-state index contributed by atoms with van der Waals surface area (Å²) < 4.78 is 37.2. The van der Waals surface area contributed by atoms with E-state index in [0.29, 0.717) is 29.1 Å². The first kappa shape index (κ1) is 38.6. The summed E-state index contributed by atoms with van der Waals surface area (Å²) in [5.74, 6) is 5.84. The summed E-state index contributed by atoms with van der Waals surface area (Å²) >= 11 is 0. The van der Waals surface area contributed by atoms with Gasteiger partial charge in [0.2, 0.25) is 0 Å². The fraction of sp³-hybridized carbons (Fsp3) is 1.00. The topological polar surface area (TPSA) is 114 Å². The molecule has 0 spiro atoms. The molecule has 46 heavy (non-hydrogen) atoms. The number of fused-ring (bicyclic) bond motifs is 5. The van der Waals surface area contributed by atoms with Gasteiger partial charge in [0.15, 0.2) is 0 Å². The molecule has 4 unspecified atom stereocenters. The van der Waals surface area contributed by atoms with Crippen molar-refractivity contribution < 1.29 is 17.2 Å². The van der Waals surface area contributed by atoms with Crippen molar-refractivity contribution in [3.8, 4) is 0 Å². The van der Waals surface area contributed by atoms with Crippen LogP contribution in [0.4, 0.5) is 0 Å². The van der Waals surface area contributed by atoms with Crippen molar-refractivity contribution in [2.75, 3.05) is 32.7 Å². The number of hydrogen-bond donors (Lipinski definition) is 4. The van der Waals surface area contributed by atoms with Gasteiger partial charge in [-0.25, -0.2) is 4.18 Å². The molecule has 270 valence electrons. The van der Waals surface area contributed by atoms with E-state index >= 15 is 0 Å². The third-order valence-corrected chi connectivity index (χ3v) is 14.7. The van der Waals surface area contributed by atoms with Crippen LogP contribution in [0.25, 0.3) is 0 Å². The molecular weight excluding hydrogens is 595 g/mol. The molecular formula is C38H73N3O4S. The molecule has 0 aromatic carbocycles. The first-order valence-electron chi connectivity index (χ1n) is 19.7. The van der Waals surface area contributed by atoms with E-state index in [4.69, 9.17) is 9.92 Å². The molecule has 0 aliphatic heterocycles. The Hall–Kier alpha value is -0.250. The van der Waals surface area contributed by atoms with Crippen molar-refractivity contribution in [1.29, 1.82) is 0 Å². The fourth-order valence-corrected chi connectivity index (χ4v) is 12.2. The highest BCUT2D eigenvalue weighted by Crippen LogP contribution is 2.68. The lowest BCUT2D eigenvalue weighted by Gasteiger charge is -2.61. The van der Waals surface area contributed by atoms with Gasteiger partial charge in [-0.15, -0.1) is 0 Å². The smallest absolute Gasteiger partial charge is 0.330 e. The fourth-order valence-electron chi connectivity index (χ4n) is 11.5. The minimum absolute atomic E-state index is 0.0550. The summed E-state index contributed by atoms with van der Waals surface area (Å²) in [6, 6.07) is 0. The predicted octanol–water partition coefficient (Wildman–Crippen LogP) is 8.00. The van der Waals surface area contributed by atoms with Crippen molar-refractivity contribution in [3.05, 3.63) is 0 Å². The summed E-state index contributed by atoms with van der Waals surface area (Å²) in [4.78, 5) is 0. The predicted molar refractivity (Wildman–Crippen MR) is 191 cm³/mol. The van der Waals surface area contributed by atoms with E-state index in [1.807, 2.05) is 13.8 Å². The maximum atomic E-state index is 11.4. The summed E-state index contributed by atoms with van der Waals surface area (Å²) in [6.07, 6.45) is 21.7. The van der Waals surface area contributed by atoms with E-state index in [-0.39, 0.29) is 5.92 Å². The van der Waals surface area contributed by atoms with Crippen molar-refractivity contribution in [2.24, 2.45) is 63.9 Å². The standard InChI is InChI=1S/C38H73N3O4S/c1-28(2)36(45-46(42,43)44)17-12-29(3)33-15-16-34-32-14-13-31-27-30(18-20-37(31,4)35(32)19-21-38(33,34)5)11-6-7-23-40-24-8-9-25-41-26-10-22-39/h28-36,40-41H,6-27,39H2,1-5H3,(H,42,43,44)/t29-,30+,31?,32?,33-,34?,35?,36-,37+,38-/m1/s1. The highest BCUT2D eigenvalue weighted by molar-refractivity contribution is 7.80. The van der Waals surface area contributed by atoms with Crippen molar-refractivity contribution >= 4 is 10.4 Å². The summed E-state index contributed by atoms with van der Waals surface area (Å²) in [5, 5.41) is 7.15. The van der Waals surface area contributed by atoms with Crippen molar-refractivity contribution in [2.45, 2.75) is 150 Å². The molecule has 4 fully saturated rings. The van der Waals surface area contributed by atoms with Crippen molar-refractivity contribution in [3.63, 3.8) is 0 Å². The zero-order valence-corrected chi connectivity index (χ0v) is 31.2. The molecule has 4 saturated carbocycles. The van der Waals surface area contributed by atoms with Gasteiger partial charge in [-0.1, -0.05) is 47.5 Å². The molecule has 0 bridgehead atoms. The van der Waals surface area contributed by atoms with Crippen LogP contribution in [0.3, 0.4) is 0 Å². The molecule has 7 nitrogen and oxygen atoms in total. The Bertz CT molecular complexity index is 1010. The van der Waals surface area contributed by atoms with Crippen LogP contribution in [0, 0.1) is 58.2 Å². The lowest BCUT2D eigenvalue weighted by atomic mass is 9.44. The Morgan fingerprint density at radius 3 is 2.09 bits per heavy atom. The van der Waals surface area contributed by atoms with Crippen LogP contribution < -0.4 is 16.4 Å². The van der Waals surface area contributed by atoms with E-state index in [1.54, 1.807) is 0 Å². The zero-order valence-electron chi connectivity index (χ0n) is 30.4. The largest absolute Gasteiger partial charge is 0.397 e. The second-order valence-electron chi connectivity index (χ2n) is 17.2. The molecule has 0 aromatic rings. The molecule has 4 rings (SSSR count). The highest BCUT2D eigenvalue weighted by atomic mass is 32.3. The average molecular weight is 668 g/mol. The Kier molecular flexibility index (Phi) is 14.8. The highest BCUT2D eigenvalue weighted by Gasteiger charge is 2.60. The van der Waals surface area contributed by atoms with Crippen LogP contribution in [0.5, 0.6) is 0 Å². The van der Waals surface area contributed by atoms with Gasteiger partial charge in [-0.2, -0.15) is 8.42 Å². The van der Waals surface area contributed by atoms with Gasteiger partial charge in [-0.05, 0) is 187 Å². The lowest BCUT2D eigenvalue weighted by Crippen LogP contribution is -2.53. The molecule has 4 aliphatic rings. The number of unbranched alkanes of at least 4 members (excludes halogenated alkanes) is 2. The minimum Gasteiger partial charge on any atom is -0.330 e. The van der Waals surface area contributed by atoms with E-state index < -0.39 is 16.5 Å². The molecule has 0 amide bonds. The van der Waals surface area contributed by atoms with Crippen molar-refractivity contribution in [1.82, 2.24) is 10.6 Å². The van der Waals surface area contributed by atoms with E-state index in [2.05, 4.69) is 31.4 Å². The van der Waals surface area contributed by atoms with Gasteiger partial charge in [0.25, 0.3) is 0 Å². The molecule has 10 atom stereocenters. The molecule has 0 radical (unpaired) electrons. The third kappa shape index (κ3) is 9.93. The first-order valence-corrected chi connectivity index (χ1v) is 21.0. The van der Waals surface area contributed by atoms with Crippen LogP contribution in [0.1, 0.15) is 144 Å². The van der Waals surface area contributed by atoms with Crippen LogP contribution in [-0.2, 0) is 14.6 Å². The summed E-state index contributed by atoms with van der Waals surface area (Å²) in [6.45, 7) is 17.0. The van der Waals surface area contributed by atoms with E-state index in [9.17, 15) is 13.0 Å². The monoisotopic (exact) mass is 668 g/mol.